The van der Waals surface area contributed by atoms with Crippen LogP contribution in [0.15, 0.2) is 65.7 Å². The first-order chi connectivity index (χ1) is 11.9. The second-order valence-electron chi connectivity index (χ2n) is 6.83. The summed E-state index contributed by atoms with van der Waals surface area (Å²) in [4.78, 5) is 4.70. The van der Waals surface area contributed by atoms with Crippen molar-refractivity contribution in [3.63, 3.8) is 0 Å². The molecule has 2 atom stereocenters. The third-order valence-electron chi connectivity index (χ3n) is 5.32. The Morgan fingerprint density at radius 3 is 2.16 bits per heavy atom. The van der Waals surface area contributed by atoms with Crippen molar-refractivity contribution in [2.24, 2.45) is 4.99 Å². The lowest BCUT2D eigenvalue weighted by Gasteiger charge is -2.32. The molecule has 2 aromatic carbocycles. The Hall–Kier alpha value is -1.84. The largest absolute Gasteiger partial charge is 0.293 e. The van der Waals surface area contributed by atoms with Crippen LogP contribution in [-0.4, -0.2) is 30.0 Å². The maximum absolute atomic E-state index is 4.70. The van der Waals surface area contributed by atoms with E-state index in [9.17, 15) is 0 Å². The lowest BCUT2D eigenvalue weighted by molar-refractivity contribution is 0.191. The summed E-state index contributed by atoms with van der Waals surface area (Å²) in [6, 6.07) is 22.6. The predicted molar refractivity (Wildman–Crippen MR) is 106 cm³/mol. The van der Waals surface area contributed by atoms with E-state index in [0.29, 0.717) is 18.0 Å². The zero-order valence-corrected chi connectivity index (χ0v) is 15.2. The Kier molecular flexibility index (Phi) is 6.11. The number of hydrogen-bond donors (Lipinski definition) is 1. The third kappa shape index (κ3) is 4.05. The Morgan fingerprint density at radius 2 is 1.52 bits per heavy atom. The molecule has 4 heteroatoms. The number of rotatable bonds is 5. The van der Waals surface area contributed by atoms with Gasteiger partial charge in [0.15, 0.2) is 0 Å². The minimum absolute atomic E-state index is 0. The highest BCUT2D eigenvalue weighted by atomic mass is 35.5. The highest BCUT2D eigenvalue weighted by Crippen LogP contribution is 2.28. The molecule has 1 aliphatic carbocycles. The van der Waals surface area contributed by atoms with Gasteiger partial charge in [0.05, 0.1) is 18.4 Å². The first kappa shape index (κ1) is 18.0. The number of fused-ring (bicyclic) bond motifs is 1. The molecule has 132 valence electrons. The zero-order valence-electron chi connectivity index (χ0n) is 14.4. The van der Waals surface area contributed by atoms with Crippen molar-refractivity contribution in [2.45, 2.75) is 43.7 Å². The van der Waals surface area contributed by atoms with Gasteiger partial charge in [-0.25, -0.2) is 5.43 Å². The van der Waals surface area contributed by atoms with Crippen LogP contribution < -0.4 is 5.43 Å². The third-order valence-corrected chi connectivity index (χ3v) is 5.32. The van der Waals surface area contributed by atoms with Crippen molar-refractivity contribution in [1.82, 2.24) is 10.4 Å². The minimum atomic E-state index is 0. The molecule has 25 heavy (non-hydrogen) atoms. The molecule has 0 saturated heterocycles. The topological polar surface area (TPSA) is 27.6 Å². The monoisotopic (exact) mass is 355 g/mol. The highest BCUT2D eigenvalue weighted by molar-refractivity contribution is 5.85. The van der Waals surface area contributed by atoms with Gasteiger partial charge in [-0.3, -0.25) is 10.0 Å². The number of nitrogens with zero attached hydrogens (tertiary/aromatic N) is 2. The molecule has 2 unspecified atom stereocenters. The molecule has 0 spiro atoms. The molecule has 1 aliphatic heterocycles. The number of nitrogens with one attached hydrogen (secondary N) is 1. The molecule has 1 heterocycles. The average molecular weight is 356 g/mol. The number of halogens is 1. The first-order valence-electron chi connectivity index (χ1n) is 9.07. The van der Waals surface area contributed by atoms with Gasteiger partial charge in [0, 0.05) is 12.5 Å². The first-order valence-corrected chi connectivity index (χ1v) is 9.07. The van der Waals surface area contributed by atoms with Crippen molar-refractivity contribution >= 4 is 18.7 Å². The summed E-state index contributed by atoms with van der Waals surface area (Å²) in [5.41, 5.74) is 6.37. The fourth-order valence-corrected chi connectivity index (χ4v) is 3.99. The molecule has 1 fully saturated rings. The van der Waals surface area contributed by atoms with Gasteiger partial charge in [0.1, 0.15) is 0 Å². The van der Waals surface area contributed by atoms with Crippen molar-refractivity contribution in [3.8, 4) is 0 Å². The van der Waals surface area contributed by atoms with E-state index >= 15 is 0 Å². The summed E-state index contributed by atoms with van der Waals surface area (Å²) in [6.45, 7) is 0.892. The van der Waals surface area contributed by atoms with Crippen LogP contribution in [-0.2, 0) is 0 Å². The summed E-state index contributed by atoms with van der Waals surface area (Å²) in [5.74, 6) is 0.350. The zero-order chi connectivity index (χ0) is 16.2. The molecule has 0 radical (unpaired) electrons. The van der Waals surface area contributed by atoms with Crippen molar-refractivity contribution in [2.75, 3.05) is 6.54 Å². The van der Waals surface area contributed by atoms with Gasteiger partial charge in [-0.05, 0) is 24.0 Å². The van der Waals surface area contributed by atoms with Gasteiger partial charge >= 0.3 is 0 Å². The van der Waals surface area contributed by atoms with Crippen LogP contribution in [0, 0.1) is 0 Å². The summed E-state index contributed by atoms with van der Waals surface area (Å²) < 4.78 is 0. The van der Waals surface area contributed by atoms with E-state index in [1.165, 1.54) is 36.8 Å². The van der Waals surface area contributed by atoms with E-state index in [2.05, 4.69) is 71.1 Å². The highest BCUT2D eigenvalue weighted by Gasteiger charge is 2.33. The van der Waals surface area contributed by atoms with Crippen LogP contribution >= 0.6 is 12.4 Å². The lowest BCUT2D eigenvalue weighted by Crippen LogP contribution is -2.47. The maximum Gasteiger partial charge on any atom is 0.1000 e. The number of benzene rings is 2. The van der Waals surface area contributed by atoms with E-state index in [4.69, 9.17) is 4.99 Å². The molecule has 0 amide bonds. The molecule has 4 rings (SSSR count). The fourth-order valence-electron chi connectivity index (χ4n) is 3.99. The van der Waals surface area contributed by atoms with Gasteiger partial charge in [-0.2, -0.15) is 0 Å². The number of aliphatic imine (C=N–C) groups is 1. The van der Waals surface area contributed by atoms with Crippen LogP contribution in [0.1, 0.15) is 42.7 Å². The van der Waals surface area contributed by atoms with E-state index < -0.39 is 0 Å². The van der Waals surface area contributed by atoms with E-state index in [1.807, 2.05) is 6.34 Å². The van der Waals surface area contributed by atoms with E-state index in [1.54, 1.807) is 0 Å². The van der Waals surface area contributed by atoms with Crippen molar-refractivity contribution in [3.05, 3.63) is 71.8 Å². The normalized spacial score (nSPS) is 21.9. The SMILES string of the molecule is C1=NC2CCCCC2N1NCC(c1ccccc1)c1ccccc1.Cl. The minimum Gasteiger partial charge on any atom is -0.293 e. The maximum atomic E-state index is 4.70. The Bertz CT molecular complexity index is 635. The van der Waals surface area contributed by atoms with Crippen LogP contribution in [0.2, 0.25) is 0 Å². The van der Waals surface area contributed by atoms with Crippen molar-refractivity contribution < 1.29 is 0 Å². The molecule has 3 nitrogen and oxygen atoms in total. The van der Waals surface area contributed by atoms with Gasteiger partial charge < -0.3 is 0 Å². The molecular formula is C21H26ClN3. The van der Waals surface area contributed by atoms with E-state index in [0.717, 1.165) is 6.54 Å². The Balaban J connectivity index is 0.00000182. The smallest absolute Gasteiger partial charge is 0.1000 e. The second-order valence-corrected chi connectivity index (χ2v) is 6.83. The van der Waals surface area contributed by atoms with Crippen molar-refractivity contribution in [1.29, 1.82) is 0 Å². The van der Waals surface area contributed by atoms with Crippen LogP contribution in [0.5, 0.6) is 0 Å². The molecule has 1 saturated carbocycles. The molecule has 2 aromatic rings. The molecular weight excluding hydrogens is 330 g/mol. The molecule has 1 N–H and O–H groups in total. The second kappa shape index (κ2) is 8.50. The number of hydrogen-bond acceptors (Lipinski definition) is 3. The Labute approximate surface area is 156 Å². The van der Waals surface area contributed by atoms with Crippen LogP contribution in [0.25, 0.3) is 0 Å². The van der Waals surface area contributed by atoms with Crippen LogP contribution in [0.3, 0.4) is 0 Å². The van der Waals surface area contributed by atoms with Gasteiger partial charge in [-0.15, -0.1) is 12.4 Å². The molecule has 0 aromatic heterocycles. The van der Waals surface area contributed by atoms with Gasteiger partial charge in [0.25, 0.3) is 0 Å². The standard InChI is InChI=1S/C21H25N3.ClH/c1-3-9-17(10-4-1)19(18-11-5-2-6-12-18)15-23-24-16-22-20-13-7-8-14-21(20)24;/h1-6,9-12,16,19-21,23H,7-8,13-15H2;1H. The number of hydrazine groups is 1. The Morgan fingerprint density at radius 1 is 0.920 bits per heavy atom. The summed E-state index contributed by atoms with van der Waals surface area (Å²) >= 11 is 0. The summed E-state index contributed by atoms with van der Waals surface area (Å²) in [6.07, 6.45) is 7.15. The lowest BCUT2D eigenvalue weighted by atomic mass is 9.90. The quantitative estimate of drug-likeness (QED) is 0.860. The van der Waals surface area contributed by atoms with Gasteiger partial charge in [-0.1, -0.05) is 73.5 Å². The predicted octanol–water partition coefficient (Wildman–Crippen LogP) is 4.40. The summed E-state index contributed by atoms with van der Waals surface area (Å²) in [5, 5.41) is 2.27. The van der Waals surface area contributed by atoms with Crippen LogP contribution in [0.4, 0.5) is 0 Å². The fraction of sp³-hybridized carbons (Fsp3) is 0.381. The van der Waals surface area contributed by atoms with Gasteiger partial charge in [0.2, 0.25) is 0 Å². The van der Waals surface area contributed by atoms with E-state index in [-0.39, 0.29) is 12.4 Å². The molecule has 2 aliphatic rings. The average Bonchev–Trinajstić information content (AvgIpc) is 3.07. The molecule has 0 bridgehead atoms. The summed E-state index contributed by atoms with van der Waals surface area (Å²) in [7, 11) is 0.